The van der Waals surface area contributed by atoms with E-state index in [-0.39, 0.29) is 11.6 Å². The van der Waals surface area contributed by atoms with Crippen molar-refractivity contribution in [3.8, 4) is 0 Å². The third-order valence-electron chi connectivity index (χ3n) is 2.73. The largest absolute Gasteiger partial charge is 0.461 e. The molecule has 0 saturated heterocycles. The summed E-state index contributed by atoms with van der Waals surface area (Å²) in [7, 11) is 3.39. The normalized spacial score (nSPS) is 11.5. The number of rotatable bonds is 5. The van der Waals surface area contributed by atoms with Gasteiger partial charge in [0, 0.05) is 26.8 Å². The quantitative estimate of drug-likeness (QED) is 0.793. The maximum atomic E-state index is 11.7. The summed E-state index contributed by atoms with van der Waals surface area (Å²) < 4.78 is 12.1. The first kappa shape index (κ1) is 13.6. The highest BCUT2D eigenvalue weighted by molar-refractivity contribution is 5.89. The van der Waals surface area contributed by atoms with Crippen molar-refractivity contribution in [1.82, 2.24) is 4.57 Å². The van der Waals surface area contributed by atoms with Gasteiger partial charge in [0.25, 0.3) is 0 Å². The highest BCUT2D eigenvalue weighted by Crippen LogP contribution is 2.14. The molecule has 0 aliphatic heterocycles. The standard InChI is InChI=1S/C12H20N2O3/c1-12(2,16-4)5-6-17-11(15)10-7-9(13)8-14(10)3/h7-8H,5-6,13H2,1-4H3. The van der Waals surface area contributed by atoms with Crippen molar-refractivity contribution in [2.75, 3.05) is 19.5 Å². The minimum Gasteiger partial charge on any atom is -0.461 e. The Balaban J connectivity index is 2.48. The molecule has 5 nitrogen and oxygen atoms in total. The molecule has 0 aliphatic carbocycles. The molecule has 0 fully saturated rings. The number of carbonyl (C=O) groups excluding carboxylic acids is 1. The number of esters is 1. The molecule has 0 unspecified atom stereocenters. The Morgan fingerprint density at radius 2 is 2.18 bits per heavy atom. The van der Waals surface area contributed by atoms with Crippen LogP contribution in [0.15, 0.2) is 12.3 Å². The summed E-state index contributed by atoms with van der Waals surface area (Å²) in [6.45, 7) is 4.22. The molecule has 96 valence electrons. The number of nitrogens with two attached hydrogens (primary N) is 1. The molecule has 0 radical (unpaired) electrons. The molecular formula is C12H20N2O3. The summed E-state index contributed by atoms with van der Waals surface area (Å²) >= 11 is 0. The molecule has 1 aromatic heterocycles. The van der Waals surface area contributed by atoms with Crippen LogP contribution in [0.1, 0.15) is 30.8 Å². The van der Waals surface area contributed by atoms with Crippen LogP contribution >= 0.6 is 0 Å². The lowest BCUT2D eigenvalue weighted by Gasteiger charge is -2.22. The Bertz CT molecular complexity index is 396. The van der Waals surface area contributed by atoms with Crippen LogP contribution in [0.25, 0.3) is 0 Å². The number of methoxy groups -OCH3 is 1. The first-order valence-corrected chi connectivity index (χ1v) is 5.50. The lowest BCUT2D eigenvalue weighted by Crippen LogP contribution is -2.25. The molecule has 17 heavy (non-hydrogen) atoms. The zero-order chi connectivity index (χ0) is 13.1. The second-order valence-electron chi connectivity index (χ2n) is 4.62. The summed E-state index contributed by atoms with van der Waals surface area (Å²) in [5.74, 6) is -0.365. The van der Waals surface area contributed by atoms with Gasteiger partial charge >= 0.3 is 5.97 Å². The molecule has 1 aromatic rings. The molecule has 0 saturated carbocycles. The van der Waals surface area contributed by atoms with E-state index in [9.17, 15) is 4.79 Å². The maximum absolute atomic E-state index is 11.7. The van der Waals surface area contributed by atoms with Crippen LogP contribution in [0.2, 0.25) is 0 Å². The van der Waals surface area contributed by atoms with Crippen LogP contribution in [-0.2, 0) is 16.5 Å². The highest BCUT2D eigenvalue weighted by Gasteiger charge is 2.18. The van der Waals surface area contributed by atoms with Gasteiger partial charge in [0.05, 0.1) is 17.9 Å². The SMILES string of the molecule is COC(C)(C)CCOC(=O)c1cc(N)cn1C. The van der Waals surface area contributed by atoms with Gasteiger partial charge in [0.2, 0.25) is 0 Å². The Morgan fingerprint density at radius 1 is 1.53 bits per heavy atom. The van der Waals surface area contributed by atoms with Gasteiger partial charge in [-0.1, -0.05) is 0 Å². The van der Waals surface area contributed by atoms with Crippen molar-refractivity contribution in [1.29, 1.82) is 0 Å². The molecule has 0 spiro atoms. The number of nitrogen functional groups attached to an aromatic ring is 1. The molecule has 0 bridgehead atoms. The zero-order valence-electron chi connectivity index (χ0n) is 10.8. The minimum absolute atomic E-state index is 0.284. The molecular weight excluding hydrogens is 220 g/mol. The topological polar surface area (TPSA) is 66.5 Å². The van der Waals surface area contributed by atoms with Gasteiger partial charge < -0.3 is 19.8 Å². The summed E-state index contributed by atoms with van der Waals surface area (Å²) in [4.78, 5) is 11.7. The second-order valence-corrected chi connectivity index (χ2v) is 4.62. The minimum atomic E-state index is -0.365. The first-order chi connectivity index (χ1) is 7.85. The van der Waals surface area contributed by atoms with Crippen molar-refractivity contribution in [2.45, 2.75) is 25.9 Å². The fourth-order valence-electron chi connectivity index (χ4n) is 1.36. The Labute approximate surface area is 101 Å². The third-order valence-corrected chi connectivity index (χ3v) is 2.73. The van der Waals surface area contributed by atoms with E-state index < -0.39 is 0 Å². The second kappa shape index (κ2) is 5.23. The number of ether oxygens (including phenoxy) is 2. The van der Waals surface area contributed by atoms with Crippen molar-refractivity contribution in [2.24, 2.45) is 7.05 Å². The Kier molecular flexibility index (Phi) is 4.17. The predicted octanol–water partition coefficient (Wildman–Crippen LogP) is 1.58. The van der Waals surface area contributed by atoms with E-state index in [0.717, 1.165) is 0 Å². The van der Waals surface area contributed by atoms with Crippen LogP contribution in [0.3, 0.4) is 0 Å². The number of carbonyl (C=O) groups is 1. The molecule has 5 heteroatoms. The van der Waals surface area contributed by atoms with E-state index in [1.54, 1.807) is 31.0 Å². The third kappa shape index (κ3) is 3.78. The zero-order valence-corrected chi connectivity index (χ0v) is 10.8. The van der Waals surface area contributed by atoms with Gasteiger partial charge in [-0.05, 0) is 19.9 Å². The molecule has 0 atom stereocenters. The summed E-state index contributed by atoms with van der Waals surface area (Å²) in [5, 5.41) is 0. The smallest absolute Gasteiger partial charge is 0.355 e. The monoisotopic (exact) mass is 240 g/mol. The van der Waals surface area contributed by atoms with E-state index in [4.69, 9.17) is 15.2 Å². The van der Waals surface area contributed by atoms with Gasteiger partial charge in [-0.3, -0.25) is 0 Å². The number of aryl methyl sites for hydroxylation is 1. The molecule has 0 aromatic carbocycles. The average Bonchev–Trinajstić information content (AvgIpc) is 2.57. The van der Waals surface area contributed by atoms with Crippen LogP contribution in [-0.4, -0.2) is 29.9 Å². The number of hydrogen-bond acceptors (Lipinski definition) is 4. The van der Waals surface area contributed by atoms with Gasteiger partial charge in [0.15, 0.2) is 0 Å². The molecule has 0 aliphatic rings. The van der Waals surface area contributed by atoms with Crippen LogP contribution in [0.4, 0.5) is 5.69 Å². The predicted molar refractivity (Wildman–Crippen MR) is 65.8 cm³/mol. The Morgan fingerprint density at radius 3 is 2.65 bits per heavy atom. The summed E-state index contributed by atoms with van der Waals surface area (Å²) in [6.07, 6.45) is 2.32. The van der Waals surface area contributed by atoms with Crippen LogP contribution in [0.5, 0.6) is 0 Å². The fourth-order valence-corrected chi connectivity index (χ4v) is 1.36. The van der Waals surface area contributed by atoms with Gasteiger partial charge in [-0.25, -0.2) is 4.79 Å². The number of aromatic nitrogens is 1. The van der Waals surface area contributed by atoms with E-state index in [1.165, 1.54) is 0 Å². The fraction of sp³-hybridized carbons (Fsp3) is 0.583. The maximum Gasteiger partial charge on any atom is 0.355 e. The first-order valence-electron chi connectivity index (χ1n) is 5.50. The van der Waals surface area contributed by atoms with Gasteiger partial charge in [-0.15, -0.1) is 0 Å². The van der Waals surface area contributed by atoms with Crippen molar-refractivity contribution in [3.05, 3.63) is 18.0 Å². The highest BCUT2D eigenvalue weighted by atomic mass is 16.5. The lowest BCUT2D eigenvalue weighted by molar-refractivity contribution is -0.00590. The van der Waals surface area contributed by atoms with E-state index in [1.807, 2.05) is 13.8 Å². The van der Waals surface area contributed by atoms with E-state index in [0.29, 0.717) is 24.4 Å². The summed E-state index contributed by atoms with van der Waals surface area (Å²) in [6, 6.07) is 1.60. The van der Waals surface area contributed by atoms with E-state index in [2.05, 4.69) is 0 Å². The van der Waals surface area contributed by atoms with Gasteiger partial charge in [-0.2, -0.15) is 0 Å². The van der Waals surface area contributed by atoms with Crippen LogP contribution in [0, 0.1) is 0 Å². The van der Waals surface area contributed by atoms with Crippen molar-refractivity contribution in [3.63, 3.8) is 0 Å². The summed E-state index contributed by atoms with van der Waals surface area (Å²) in [5.41, 5.74) is 6.31. The van der Waals surface area contributed by atoms with Gasteiger partial charge in [0.1, 0.15) is 5.69 Å². The van der Waals surface area contributed by atoms with E-state index >= 15 is 0 Å². The molecule has 1 heterocycles. The molecule has 0 amide bonds. The molecule has 1 rings (SSSR count). The van der Waals surface area contributed by atoms with Crippen LogP contribution < -0.4 is 5.73 Å². The number of hydrogen-bond donors (Lipinski definition) is 1. The Hall–Kier alpha value is -1.49. The van der Waals surface area contributed by atoms with Crippen molar-refractivity contribution < 1.29 is 14.3 Å². The number of nitrogens with zero attached hydrogens (tertiary/aromatic N) is 1. The average molecular weight is 240 g/mol. The van der Waals surface area contributed by atoms with Crippen molar-refractivity contribution >= 4 is 11.7 Å². The lowest BCUT2D eigenvalue weighted by atomic mass is 10.1. The number of anilines is 1. The molecule has 2 N–H and O–H groups in total.